The molecule has 0 spiro atoms. The lowest BCUT2D eigenvalue weighted by Gasteiger charge is -2.35. The van der Waals surface area contributed by atoms with Gasteiger partial charge in [0.25, 0.3) is 5.91 Å². The number of amides is 1. The van der Waals surface area contributed by atoms with Crippen LogP contribution < -0.4 is 15.1 Å². The number of piperidine rings is 1. The molecule has 1 atom stereocenters. The molecule has 7 nitrogen and oxygen atoms in total. The van der Waals surface area contributed by atoms with Crippen molar-refractivity contribution in [3.63, 3.8) is 0 Å². The number of anilines is 3. The number of hydrogen-bond acceptors (Lipinski definition) is 6. The predicted octanol–water partition coefficient (Wildman–Crippen LogP) is 4.64. The maximum atomic E-state index is 15.5. The molecule has 0 bridgehead atoms. The summed E-state index contributed by atoms with van der Waals surface area (Å²) < 4.78 is 15.5. The molecule has 1 amide bonds. The van der Waals surface area contributed by atoms with E-state index >= 15 is 4.39 Å². The maximum absolute atomic E-state index is 15.5. The summed E-state index contributed by atoms with van der Waals surface area (Å²) in [7, 11) is 1.76. The van der Waals surface area contributed by atoms with E-state index in [1.165, 1.54) is 12.1 Å². The molecule has 1 aliphatic rings. The van der Waals surface area contributed by atoms with Gasteiger partial charge in [-0.2, -0.15) is 0 Å². The molecule has 3 heterocycles. The first-order chi connectivity index (χ1) is 17.0. The van der Waals surface area contributed by atoms with Crippen LogP contribution in [0.1, 0.15) is 28.8 Å². The molecule has 0 aliphatic carbocycles. The van der Waals surface area contributed by atoms with Gasteiger partial charge in [-0.3, -0.25) is 9.69 Å². The normalized spacial score (nSPS) is 15.7. The van der Waals surface area contributed by atoms with Gasteiger partial charge in [0.15, 0.2) is 0 Å². The molecule has 8 heteroatoms. The minimum absolute atomic E-state index is 0.00842. The second-order valence-corrected chi connectivity index (χ2v) is 8.75. The van der Waals surface area contributed by atoms with E-state index < -0.39 is 11.7 Å². The molecule has 2 aromatic heterocycles. The van der Waals surface area contributed by atoms with Gasteiger partial charge >= 0.3 is 0 Å². The van der Waals surface area contributed by atoms with Crippen LogP contribution in [-0.4, -0.2) is 47.0 Å². The molecular weight excluding hydrogens is 443 g/mol. The standard InChI is InChI=1S/C27H27FN6O/c1-18-6-3-7-19-11-15-30-25(24(18)19)34(21-8-4-12-29-17-21)26(35)22-10-9-20(16-23(22)28)33(2)27-31-13-5-14-32-27/h3,5-7,9-11,13-16,21,29H,4,8,12,17H2,1-2H3/t21-/m1/s1. The molecule has 1 saturated heterocycles. The Morgan fingerprint density at radius 3 is 2.63 bits per heavy atom. The van der Waals surface area contributed by atoms with E-state index in [-0.39, 0.29) is 11.6 Å². The highest BCUT2D eigenvalue weighted by Crippen LogP contribution is 2.32. The number of nitrogens with one attached hydrogen (secondary N) is 1. The highest BCUT2D eigenvalue weighted by Gasteiger charge is 2.31. The summed E-state index contributed by atoms with van der Waals surface area (Å²) in [6.07, 6.45) is 6.71. The molecule has 0 unspecified atom stereocenters. The minimum atomic E-state index is -0.596. The zero-order chi connectivity index (χ0) is 24.4. The minimum Gasteiger partial charge on any atom is -0.315 e. The Morgan fingerprint density at radius 1 is 1.06 bits per heavy atom. The van der Waals surface area contributed by atoms with Crippen LogP contribution in [-0.2, 0) is 0 Å². The van der Waals surface area contributed by atoms with Gasteiger partial charge in [-0.05, 0) is 67.6 Å². The van der Waals surface area contributed by atoms with Gasteiger partial charge < -0.3 is 10.2 Å². The lowest BCUT2D eigenvalue weighted by Crippen LogP contribution is -2.49. The molecule has 35 heavy (non-hydrogen) atoms. The zero-order valence-electron chi connectivity index (χ0n) is 19.8. The highest BCUT2D eigenvalue weighted by molar-refractivity contribution is 6.11. The zero-order valence-corrected chi connectivity index (χ0v) is 19.8. The molecule has 5 rings (SSSR count). The molecule has 1 fully saturated rings. The molecular formula is C27H27FN6O. The third-order valence-corrected chi connectivity index (χ3v) is 6.49. The number of rotatable bonds is 5. The summed E-state index contributed by atoms with van der Waals surface area (Å²) in [5.74, 6) is 0.0134. The molecule has 1 aliphatic heterocycles. The van der Waals surface area contributed by atoms with Crippen LogP contribution in [0.15, 0.2) is 67.1 Å². The summed E-state index contributed by atoms with van der Waals surface area (Å²) in [4.78, 5) is 30.4. The molecule has 178 valence electrons. The fourth-order valence-corrected chi connectivity index (χ4v) is 4.65. The van der Waals surface area contributed by atoms with Crippen LogP contribution in [0, 0.1) is 12.7 Å². The summed E-state index contributed by atoms with van der Waals surface area (Å²) in [6.45, 7) is 3.53. The second kappa shape index (κ2) is 9.76. The van der Waals surface area contributed by atoms with E-state index in [4.69, 9.17) is 0 Å². The molecule has 2 aromatic carbocycles. The molecule has 4 aromatic rings. The van der Waals surface area contributed by atoms with Crippen molar-refractivity contribution >= 4 is 34.1 Å². The summed E-state index contributed by atoms with van der Waals surface area (Å²) in [5, 5.41) is 5.28. The van der Waals surface area contributed by atoms with Crippen LogP contribution in [0.5, 0.6) is 0 Å². The fourth-order valence-electron chi connectivity index (χ4n) is 4.65. The summed E-state index contributed by atoms with van der Waals surface area (Å²) in [6, 6.07) is 14.1. The summed E-state index contributed by atoms with van der Waals surface area (Å²) in [5.41, 5.74) is 1.58. The fraction of sp³-hybridized carbons (Fsp3) is 0.259. The smallest absolute Gasteiger partial charge is 0.262 e. The van der Waals surface area contributed by atoms with Crippen molar-refractivity contribution < 1.29 is 9.18 Å². The number of carbonyl (C=O) groups is 1. The van der Waals surface area contributed by atoms with E-state index in [1.54, 1.807) is 47.6 Å². The first-order valence-corrected chi connectivity index (χ1v) is 11.7. The maximum Gasteiger partial charge on any atom is 0.262 e. The Labute approximate surface area is 203 Å². The Hall–Kier alpha value is -3.91. The van der Waals surface area contributed by atoms with E-state index in [0.717, 1.165) is 35.7 Å². The Balaban J connectivity index is 1.56. The van der Waals surface area contributed by atoms with Gasteiger partial charge in [0.2, 0.25) is 5.95 Å². The van der Waals surface area contributed by atoms with Crippen LogP contribution in [0.25, 0.3) is 10.8 Å². The Bertz CT molecular complexity index is 1350. The quantitative estimate of drug-likeness (QED) is 0.458. The second-order valence-electron chi connectivity index (χ2n) is 8.75. The number of pyridine rings is 1. The first kappa shape index (κ1) is 22.9. The van der Waals surface area contributed by atoms with Crippen LogP contribution in [0.3, 0.4) is 0 Å². The number of fused-ring (bicyclic) bond motifs is 1. The monoisotopic (exact) mass is 470 g/mol. The van der Waals surface area contributed by atoms with Crippen molar-refractivity contribution in [1.82, 2.24) is 20.3 Å². The van der Waals surface area contributed by atoms with Crippen molar-refractivity contribution in [2.24, 2.45) is 0 Å². The lowest BCUT2D eigenvalue weighted by atomic mass is 10.0. The van der Waals surface area contributed by atoms with Crippen LogP contribution in [0.4, 0.5) is 21.8 Å². The highest BCUT2D eigenvalue weighted by atomic mass is 19.1. The van der Waals surface area contributed by atoms with Crippen LogP contribution >= 0.6 is 0 Å². The number of hydrogen-bond donors (Lipinski definition) is 1. The van der Waals surface area contributed by atoms with Crippen molar-refractivity contribution in [2.45, 2.75) is 25.8 Å². The van der Waals surface area contributed by atoms with Gasteiger partial charge in [0.05, 0.1) is 11.6 Å². The lowest BCUT2D eigenvalue weighted by molar-refractivity contribution is 0.0968. The predicted molar refractivity (Wildman–Crippen MR) is 136 cm³/mol. The first-order valence-electron chi connectivity index (χ1n) is 11.7. The molecule has 1 N–H and O–H groups in total. The van der Waals surface area contributed by atoms with Gasteiger partial charge in [-0.25, -0.2) is 19.3 Å². The molecule has 0 radical (unpaired) electrons. The van der Waals surface area contributed by atoms with Crippen molar-refractivity contribution in [2.75, 3.05) is 29.9 Å². The van der Waals surface area contributed by atoms with Crippen LogP contribution in [0.2, 0.25) is 0 Å². The van der Waals surface area contributed by atoms with E-state index in [9.17, 15) is 4.79 Å². The number of aromatic nitrogens is 3. The SMILES string of the molecule is Cc1cccc2ccnc(N(C(=O)c3ccc(N(C)c4ncccn4)cc3F)[C@@H]3CCCNC3)c12. The largest absolute Gasteiger partial charge is 0.315 e. The van der Waals surface area contributed by atoms with E-state index in [1.807, 2.05) is 31.2 Å². The average Bonchev–Trinajstić information content (AvgIpc) is 2.89. The van der Waals surface area contributed by atoms with Gasteiger partial charge in [0, 0.05) is 43.3 Å². The Kier molecular flexibility index (Phi) is 6.37. The average molecular weight is 471 g/mol. The van der Waals surface area contributed by atoms with Gasteiger partial charge in [0.1, 0.15) is 11.6 Å². The van der Waals surface area contributed by atoms with Gasteiger partial charge in [-0.15, -0.1) is 0 Å². The number of carbonyl (C=O) groups excluding carboxylic acids is 1. The summed E-state index contributed by atoms with van der Waals surface area (Å²) >= 11 is 0. The topological polar surface area (TPSA) is 74.2 Å². The number of aryl methyl sites for hydroxylation is 1. The van der Waals surface area contributed by atoms with Crippen molar-refractivity contribution in [3.8, 4) is 0 Å². The Morgan fingerprint density at radius 2 is 1.89 bits per heavy atom. The molecule has 0 saturated carbocycles. The van der Waals surface area contributed by atoms with E-state index in [2.05, 4.69) is 20.3 Å². The van der Waals surface area contributed by atoms with Gasteiger partial charge in [-0.1, -0.05) is 18.2 Å². The number of halogens is 1. The third kappa shape index (κ3) is 4.44. The van der Waals surface area contributed by atoms with Crippen molar-refractivity contribution in [1.29, 1.82) is 0 Å². The van der Waals surface area contributed by atoms with Crippen molar-refractivity contribution in [3.05, 3.63) is 84.1 Å². The number of nitrogens with zero attached hydrogens (tertiary/aromatic N) is 5. The number of benzene rings is 2. The van der Waals surface area contributed by atoms with E-state index in [0.29, 0.717) is 24.0 Å². The third-order valence-electron chi connectivity index (χ3n) is 6.49.